The van der Waals surface area contributed by atoms with Crippen molar-refractivity contribution in [2.24, 2.45) is 0 Å². The van der Waals surface area contributed by atoms with Gasteiger partial charge in [0.05, 0.1) is 0 Å². The van der Waals surface area contributed by atoms with E-state index in [-0.39, 0.29) is 5.91 Å². The second-order valence-corrected chi connectivity index (χ2v) is 5.05. The number of nitrogens with zero attached hydrogens (tertiary/aromatic N) is 1. The molecular weight excluding hydrogens is 212 g/mol. The zero-order valence-electron chi connectivity index (χ0n) is 9.93. The van der Waals surface area contributed by atoms with E-state index in [9.17, 15) is 4.79 Å². The van der Waals surface area contributed by atoms with Gasteiger partial charge in [-0.1, -0.05) is 30.3 Å². The number of hydrogen-bond acceptors (Lipinski definition) is 2. The Hall–Kier alpha value is -1.35. The molecule has 0 aromatic heterocycles. The van der Waals surface area contributed by atoms with E-state index in [1.54, 1.807) is 0 Å². The average Bonchev–Trinajstić information content (AvgIpc) is 2.62. The van der Waals surface area contributed by atoms with Crippen molar-refractivity contribution >= 4 is 5.91 Å². The Balaban J connectivity index is 1.76. The number of carbonyl (C=O) groups excluding carboxylic acids is 1. The van der Waals surface area contributed by atoms with Crippen LogP contribution in [-0.4, -0.2) is 29.4 Å². The van der Waals surface area contributed by atoms with Crippen LogP contribution in [0.5, 0.6) is 0 Å². The largest absolute Gasteiger partial charge is 0.354 e. The van der Waals surface area contributed by atoms with Crippen molar-refractivity contribution in [2.75, 3.05) is 6.54 Å². The molecule has 2 bridgehead atoms. The highest BCUT2D eigenvalue weighted by atomic mass is 16.1. The maximum atomic E-state index is 11.5. The van der Waals surface area contributed by atoms with Crippen LogP contribution in [-0.2, 0) is 11.3 Å². The minimum Gasteiger partial charge on any atom is -0.354 e. The van der Waals surface area contributed by atoms with E-state index < -0.39 is 0 Å². The Morgan fingerprint density at radius 1 is 1.18 bits per heavy atom. The molecule has 2 aliphatic heterocycles. The Morgan fingerprint density at radius 2 is 1.94 bits per heavy atom. The molecule has 2 saturated heterocycles. The molecule has 3 rings (SSSR count). The highest BCUT2D eigenvalue weighted by Crippen LogP contribution is 2.29. The van der Waals surface area contributed by atoms with Crippen LogP contribution in [0.4, 0.5) is 0 Å². The summed E-state index contributed by atoms with van der Waals surface area (Å²) < 4.78 is 0. The Labute approximate surface area is 102 Å². The quantitative estimate of drug-likeness (QED) is 0.836. The van der Waals surface area contributed by atoms with Crippen molar-refractivity contribution in [1.82, 2.24) is 10.2 Å². The Morgan fingerprint density at radius 3 is 2.76 bits per heavy atom. The third-order valence-corrected chi connectivity index (χ3v) is 3.93. The van der Waals surface area contributed by atoms with E-state index in [4.69, 9.17) is 0 Å². The standard InChI is InChI=1S/C14H18N2O/c17-14-8-12-6-7-13(9-15-14)16(12)10-11-4-2-1-3-5-11/h1-5,12-13H,6-10H2,(H,15,17). The first-order valence-corrected chi connectivity index (χ1v) is 6.39. The molecule has 90 valence electrons. The SMILES string of the molecule is O=C1CC2CCC(CN1)N2Cc1ccccc1. The fraction of sp³-hybridized carbons (Fsp3) is 0.500. The maximum absolute atomic E-state index is 11.5. The fourth-order valence-corrected chi connectivity index (χ4v) is 3.02. The number of benzene rings is 1. The van der Waals surface area contributed by atoms with Crippen LogP contribution in [0, 0.1) is 0 Å². The predicted octanol–water partition coefficient (Wildman–Crippen LogP) is 1.54. The summed E-state index contributed by atoms with van der Waals surface area (Å²) in [6.45, 7) is 1.80. The number of amides is 1. The van der Waals surface area contributed by atoms with Crippen molar-refractivity contribution in [3.8, 4) is 0 Å². The van der Waals surface area contributed by atoms with E-state index in [1.165, 1.54) is 18.4 Å². The van der Waals surface area contributed by atoms with Crippen molar-refractivity contribution in [3.63, 3.8) is 0 Å². The molecule has 1 aromatic rings. The normalized spacial score (nSPS) is 28.8. The van der Waals surface area contributed by atoms with Gasteiger partial charge >= 0.3 is 0 Å². The Bertz CT molecular complexity index is 404. The molecule has 17 heavy (non-hydrogen) atoms. The number of nitrogens with one attached hydrogen (secondary N) is 1. The van der Waals surface area contributed by atoms with Crippen LogP contribution >= 0.6 is 0 Å². The van der Waals surface area contributed by atoms with Crippen LogP contribution in [0.3, 0.4) is 0 Å². The smallest absolute Gasteiger partial charge is 0.221 e. The summed E-state index contributed by atoms with van der Waals surface area (Å²) in [7, 11) is 0. The van der Waals surface area contributed by atoms with Gasteiger partial charge in [0.25, 0.3) is 0 Å². The summed E-state index contributed by atoms with van der Waals surface area (Å²) in [6.07, 6.45) is 3.06. The van der Waals surface area contributed by atoms with Gasteiger partial charge in [0.2, 0.25) is 5.91 Å². The highest BCUT2D eigenvalue weighted by Gasteiger charge is 2.36. The highest BCUT2D eigenvalue weighted by molar-refractivity contribution is 5.77. The van der Waals surface area contributed by atoms with Crippen LogP contribution in [0.1, 0.15) is 24.8 Å². The van der Waals surface area contributed by atoms with Crippen LogP contribution in [0.15, 0.2) is 30.3 Å². The lowest BCUT2D eigenvalue weighted by molar-refractivity contribution is -0.121. The van der Waals surface area contributed by atoms with Gasteiger partial charge in [-0.2, -0.15) is 0 Å². The molecule has 2 fully saturated rings. The van der Waals surface area contributed by atoms with Gasteiger partial charge in [0.15, 0.2) is 0 Å². The summed E-state index contributed by atoms with van der Waals surface area (Å²) in [5.74, 6) is 0.218. The van der Waals surface area contributed by atoms with Gasteiger partial charge in [0.1, 0.15) is 0 Å². The van der Waals surface area contributed by atoms with Gasteiger partial charge in [-0.05, 0) is 18.4 Å². The molecule has 0 radical (unpaired) electrons. The molecule has 0 saturated carbocycles. The van der Waals surface area contributed by atoms with E-state index in [0.717, 1.165) is 13.1 Å². The molecule has 1 amide bonds. The second kappa shape index (κ2) is 4.49. The lowest BCUT2D eigenvalue weighted by atomic mass is 10.1. The lowest BCUT2D eigenvalue weighted by Gasteiger charge is -2.27. The van der Waals surface area contributed by atoms with Crippen LogP contribution in [0.25, 0.3) is 0 Å². The zero-order valence-corrected chi connectivity index (χ0v) is 9.93. The van der Waals surface area contributed by atoms with Gasteiger partial charge in [-0.25, -0.2) is 0 Å². The lowest BCUT2D eigenvalue weighted by Crippen LogP contribution is -2.37. The Kier molecular flexibility index (Phi) is 2.85. The fourth-order valence-electron chi connectivity index (χ4n) is 3.02. The molecule has 2 unspecified atom stereocenters. The summed E-state index contributed by atoms with van der Waals surface area (Å²) in [5.41, 5.74) is 1.35. The molecular formula is C14H18N2O. The summed E-state index contributed by atoms with van der Waals surface area (Å²) in [4.78, 5) is 14.0. The first-order chi connectivity index (χ1) is 8.33. The molecule has 3 nitrogen and oxygen atoms in total. The third-order valence-electron chi connectivity index (χ3n) is 3.93. The second-order valence-electron chi connectivity index (χ2n) is 5.05. The van der Waals surface area contributed by atoms with Gasteiger partial charge in [0, 0.05) is 31.6 Å². The molecule has 2 atom stereocenters. The first kappa shape index (κ1) is 10.8. The number of hydrogen-bond donors (Lipinski definition) is 1. The summed E-state index contributed by atoms with van der Waals surface area (Å²) in [6, 6.07) is 11.5. The topological polar surface area (TPSA) is 32.3 Å². The number of carbonyl (C=O) groups is 1. The molecule has 3 heteroatoms. The zero-order chi connectivity index (χ0) is 11.7. The van der Waals surface area contributed by atoms with Crippen LogP contribution in [0.2, 0.25) is 0 Å². The van der Waals surface area contributed by atoms with Crippen molar-refractivity contribution < 1.29 is 4.79 Å². The molecule has 1 aromatic carbocycles. The van der Waals surface area contributed by atoms with Crippen molar-refractivity contribution in [3.05, 3.63) is 35.9 Å². The average molecular weight is 230 g/mol. The van der Waals surface area contributed by atoms with Crippen molar-refractivity contribution in [2.45, 2.75) is 37.9 Å². The van der Waals surface area contributed by atoms with Crippen LogP contribution < -0.4 is 5.32 Å². The third kappa shape index (κ3) is 2.20. The number of rotatable bonds is 2. The molecule has 0 aliphatic carbocycles. The van der Waals surface area contributed by atoms with E-state index in [1.807, 2.05) is 6.07 Å². The predicted molar refractivity (Wildman–Crippen MR) is 66.4 cm³/mol. The van der Waals surface area contributed by atoms with E-state index in [2.05, 4.69) is 34.5 Å². The first-order valence-electron chi connectivity index (χ1n) is 6.39. The van der Waals surface area contributed by atoms with Crippen molar-refractivity contribution in [1.29, 1.82) is 0 Å². The minimum absolute atomic E-state index is 0.218. The molecule has 1 N–H and O–H groups in total. The van der Waals surface area contributed by atoms with Gasteiger partial charge in [-0.3, -0.25) is 9.69 Å². The summed E-state index contributed by atoms with van der Waals surface area (Å²) in [5, 5.41) is 3.01. The molecule has 2 aliphatic rings. The van der Waals surface area contributed by atoms with E-state index in [0.29, 0.717) is 18.5 Å². The van der Waals surface area contributed by atoms with E-state index >= 15 is 0 Å². The molecule has 0 spiro atoms. The monoisotopic (exact) mass is 230 g/mol. The van der Waals surface area contributed by atoms with Gasteiger partial charge in [-0.15, -0.1) is 0 Å². The summed E-state index contributed by atoms with van der Waals surface area (Å²) >= 11 is 0. The maximum Gasteiger partial charge on any atom is 0.221 e. The molecule has 2 heterocycles. The van der Waals surface area contributed by atoms with Gasteiger partial charge < -0.3 is 5.32 Å². The minimum atomic E-state index is 0.218. The number of fused-ring (bicyclic) bond motifs is 2.